The number of ether oxygens (including phenoxy) is 1. The van der Waals surface area contributed by atoms with Gasteiger partial charge in [-0.3, -0.25) is 9.59 Å². The Kier molecular flexibility index (Phi) is 6.60. The Hall–Kier alpha value is -4.68. The van der Waals surface area contributed by atoms with Crippen LogP contribution in [0.2, 0.25) is 0 Å². The number of hydrogen-bond acceptors (Lipinski definition) is 6. The lowest BCUT2D eigenvalue weighted by Gasteiger charge is -2.35. The van der Waals surface area contributed by atoms with E-state index in [1.54, 1.807) is 43.5 Å². The molecule has 10 nitrogen and oxygen atoms in total. The standard InChI is InChI=1S/C27H25F3N6O4/c1-26(2,3)40-25(39)36-19-13-18(10-9-17(19)14-32-36)33-23(37)21-22-31-15-20(16-7-5-4-6-8-16)34(22)11-12-35(21)24(38)27(28,29)30/h4-10,13-15,21H,11-12H2,1-3H3,(H,33,37). The molecule has 13 heteroatoms. The van der Waals surface area contributed by atoms with Gasteiger partial charge in [0, 0.05) is 24.2 Å². The summed E-state index contributed by atoms with van der Waals surface area (Å²) in [5.41, 5.74) is 1.07. The zero-order valence-electron chi connectivity index (χ0n) is 21.8. The van der Waals surface area contributed by atoms with E-state index < -0.39 is 35.7 Å². The second-order valence-electron chi connectivity index (χ2n) is 10.2. The molecule has 1 atom stereocenters. The molecule has 0 saturated carbocycles. The van der Waals surface area contributed by atoms with Gasteiger partial charge in [0.15, 0.2) is 6.04 Å². The number of aromatic nitrogens is 4. The van der Waals surface area contributed by atoms with E-state index in [1.165, 1.54) is 24.5 Å². The number of amides is 2. The molecule has 5 rings (SSSR count). The smallest absolute Gasteiger partial charge is 0.442 e. The average Bonchev–Trinajstić information content (AvgIpc) is 3.51. The van der Waals surface area contributed by atoms with E-state index in [0.29, 0.717) is 21.5 Å². The maximum absolute atomic E-state index is 13.6. The van der Waals surface area contributed by atoms with Crippen molar-refractivity contribution in [2.24, 2.45) is 0 Å². The fourth-order valence-electron chi connectivity index (χ4n) is 4.56. The second-order valence-corrected chi connectivity index (χ2v) is 10.2. The minimum absolute atomic E-state index is 0.0000721. The molecule has 1 unspecified atom stereocenters. The van der Waals surface area contributed by atoms with Gasteiger partial charge in [0.05, 0.1) is 23.6 Å². The number of nitrogens with zero attached hydrogens (tertiary/aromatic N) is 5. The van der Waals surface area contributed by atoms with Gasteiger partial charge in [-0.15, -0.1) is 0 Å². The molecule has 2 amide bonds. The maximum atomic E-state index is 13.6. The van der Waals surface area contributed by atoms with Crippen molar-refractivity contribution >= 4 is 34.5 Å². The van der Waals surface area contributed by atoms with Crippen molar-refractivity contribution in [3.63, 3.8) is 0 Å². The van der Waals surface area contributed by atoms with Crippen molar-refractivity contribution in [3.8, 4) is 11.3 Å². The van der Waals surface area contributed by atoms with Gasteiger partial charge in [0.25, 0.3) is 5.91 Å². The number of rotatable bonds is 3. The van der Waals surface area contributed by atoms with Crippen LogP contribution in [0.1, 0.15) is 32.6 Å². The SMILES string of the molecule is CC(C)(C)OC(=O)n1ncc2ccc(NC(=O)C3c4ncc(-c5ccccc5)n4CCN3C(=O)C(F)(F)F)cc21. The summed E-state index contributed by atoms with van der Waals surface area (Å²) in [5, 5.41) is 7.21. The van der Waals surface area contributed by atoms with Gasteiger partial charge in [-0.05, 0) is 44.5 Å². The molecule has 3 heterocycles. The lowest BCUT2D eigenvalue weighted by atomic mass is 10.1. The Morgan fingerprint density at radius 2 is 1.73 bits per heavy atom. The van der Waals surface area contributed by atoms with Crippen LogP contribution in [0.3, 0.4) is 0 Å². The monoisotopic (exact) mass is 554 g/mol. The van der Waals surface area contributed by atoms with Gasteiger partial charge in [-0.1, -0.05) is 30.3 Å². The average molecular weight is 555 g/mol. The number of imidazole rings is 1. The first-order chi connectivity index (χ1) is 18.8. The van der Waals surface area contributed by atoms with Crippen molar-refractivity contribution in [1.29, 1.82) is 0 Å². The first-order valence-corrected chi connectivity index (χ1v) is 12.3. The fourth-order valence-corrected chi connectivity index (χ4v) is 4.56. The number of benzene rings is 2. The molecule has 0 aliphatic carbocycles. The molecule has 2 aromatic carbocycles. The highest BCUT2D eigenvalue weighted by Crippen LogP contribution is 2.34. The van der Waals surface area contributed by atoms with Crippen molar-refractivity contribution in [1.82, 2.24) is 24.2 Å². The van der Waals surface area contributed by atoms with E-state index in [-0.39, 0.29) is 24.6 Å². The van der Waals surface area contributed by atoms with Crippen LogP contribution in [-0.4, -0.2) is 60.5 Å². The quantitative estimate of drug-likeness (QED) is 0.391. The van der Waals surface area contributed by atoms with Gasteiger partial charge in [-0.2, -0.15) is 23.0 Å². The highest BCUT2D eigenvalue weighted by atomic mass is 19.4. The number of halogens is 3. The van der Waals surface area contributed by atoms with Crippen LogP contribution in [0.25, 0.3) is 22.2 Å². The predicted molar refractivity (Wildman–Crippen MR) is 138 cm³/mol. The van der Waals surface area contributed by atoms with Crippen molar-refractivity contribution in [2.75, 3.05) is 11.9 Å². The van der Waals surface area contributed by atoms with E-state index >= 15 is 0 Å². The molecule has 0 spiro atoms. The summed E-state index contributed by atoms with van der Waals surface area (Å²) in [6.07, 6.45) is -3.01. The number of carbonyl (C=O) groups is 3. The molecule has 40 heavy (non-hydrogen) atoms. The molecule has 0 fully saturated rings. The van der Waals surface area contributed by atoms with E-state index in [4.69, 9.17) is 4.74 Å². The van der Waals surface area contributed by atoms with Gasteiger partial charge in [0.2, 0.25) is 0 Å². The van der Waals surface area contributed by atoms with E-state index in [9.17, 15) is 27.6 Å². The third-order valence-electron chi connectivity index (χ3n) is 6.23. The Labute approximate surface area is 226 Å². The molecule has 4 aromatic rings. The van der Waals surface area contributed by atoms with Crippen LogP contribution in [0, 0.1) is 0 Å². The van der Waals surface area contributed by atoms with Gasteiger partial charge >= 0.3 is 18.2 Å². The number of fused-ring (bicyclic) bond motifs is 2. The summed E-state index contributed by atoms with van der Waals surface area (Å²) in [6, 6.07) is 12.0. The summed E-state index contributed by atoms with van der Waals surface area (Å²) < 4.78 is 48.6. The lowest BCUT2D eigenvalue weighted by Crippen LogP contribution is -2.51. The molecule has 0 bridgehead atoms. The van der Waals surface area contributed by atoms with Crippen molar-refractivity contribution in [2.45, 2.75) is 45.1 Å². The first-order valence-electron chi connectivity index (χ1n) is 12.3. The molecule has 0 radical (unpaired) electrons. The van der Waals surface area contributed by atoms with Crippen LogP contribution in [0.4, 0.5) is 23.7 Å². The Bertz CT molecular complexity index is 1600. The van der Waals surface area contributed by atoms with Crippen LogP contribution < -0.4 is 5.32 Å². The van der Waals surface area contributed by atoms with Crippen molar-refractivity contribution in [3.05, 3.63) is 66.7 Å². The molecule has 1 aliphatic rings. The zero-order valence-corrected chi connectivity index (χ0v) is 21.8. The second kappa shape index (κ2) is 9.81. The summed E-state index contributed by atoms with van der Waals surface area (Å²) in [7, 11) is 0. The summed E-state index contributed by atoms with van der Waals surface area (Å²) in [5.74, 6) is -3.03. The normalized spacial score (nSPS) is 15.6. The largest absolute Gasteiger partial charge is 0.471 e. The van der Waals surface area contributed by atoms with Crippen LogP contribution >= 0.6 is 0 Å². The highest BCUT2D eigenvalue weighted by molar-refractivity contribution is 6.00. The third kappa shape index (κ3) is 5.14. The van der Waals surface area contributed by atoms with Gasteiger partial charge in [-0.25, -0.2) is 9.78 Å². The topological polar surface area (TPSA) is 111 Å². The van der Waals surface area contributed by atoms with Crippen LogP contribution in [0.5, 0.6) is 0 Å². The van der Waals surface area contributed by atoms with Crippen LogP contribution in [-0.2, 0) is 20.9 Å². The Balaban J connectivity index is 1.50. The number of hydrogen-bond donors (Lipinski definition) is 1. The molecular formula is C27H25F3N6O4. The van der Waals surface area contributed by atoms with Gasteiger partial charge < -0.3 is 19.5 Å². The predicted octanol–water partition coefficient (Wildman–Crippen LogP) is 4.77. The van der Waals surface area contributed by atoms with Crippen molar-refractivity contribution < 1.29 is 32.3 Å². The summed E-state index contributed by atoms with van der Waals surface area (Å²) >= 11 is 0. The maximum Gasteiger partial charge on any atom is 0.471 e. The molecule has 1 aliphatic heterocycles. The Morgan fingerprint density at radius 3 is 2.40 bits per heavy atom. The molecule has 208 valence electrons. The number of anilines is 1. The highest BCUT2D eigenvalue weighted by Gasteiger charge is 2.49. The Morgan fingerprint density at radius 1 is 1.00 bits per heavy atom. The molecular weight excluding hydrogens is 529 g/mol. The zero-order chi connectivity index (χ0) is 28.8. The summed E-state index contributed by atoms with van der Waals surface area (Å²) in [6.45, 7) is 4.77. The number of alkyl halides is 3. The summed E-state index contributed by atoms with van der Waals surface area (Å²) in [4.78, 5) is 43.3. The fraction of sp³-hybridized carbons (Fsp3) is 0.296. The van der Waals surface area contributed by atoms with E-state index in [0.717, 1.165) is 10.2 Å². The lowest BCUT2D eigenvalue weighted by molar-refractivity contribution is -0.189. The number of carbonyl (C=O) groups excluding carboxylic acids is 3. The van der Waals surface area contributed by atoms with E-state index in [1.807, 2.05) is 18.2 Å². The van der Waals surface area contributed by atoms with Crippen LogP contribution in [0.15, 0.2) is 60.9 Å². The van der Waals surface area contributed by atoms with E-state index in [2.05, 4.69) is 15.4 Å². The van der Waals surface area contributed by atoms with Gasteiger partial charge in [0.1, 0.15) is 11.4 Å². The third-order valence-corrected chi connectivity index (χ3v) is 6.23. The molecule has 1 N–H and O–H groups in total. The first kappa shape index (κ1) is 26.9. The molecule has 0 saturated heterocycles. The number of nitrogens with one attached hydrogen (secondary N) is 1. The molecule has 2 aromatic heterocycles. The minimum Gasteiger partial charge on any atom is -0.442 e. The minimum atomic E-state index is -5.19.